The summed E-state index contributed by atoms with van der Waals surface area (Å²) in [5, 5.41) is 32.3. The van der Waals surface area contributed by atoms with E-state index in [0.29, 0.717) is 18.5 Å². The molecule has 0 heterocycles. The van der Waals surface area contributed by atoms with Crippen molar-refractivity contribution in [2.24, 2.45) is 0 Å². The highest BCUT2D eigenvalue weighted by Crippen LogP contribution is 2.16. The van der Waals surface area contributed by atoms with Gasteiger partial charge in [0, 0.05) is 19.5 Å². The Labute approximate surface area is 207 Å². The maximum absolute atomic E-state index is 12.8. The van der Waals surface area contributed by atoms with Crippen molar-refractivity contribution < 1.29 is 44.0 Å². The van der Waals surface area contributed by atoms with Crippen LogP contribution in [0.5, 0.6) is 5.75 Å². The second kappa shape index (κ2) is 14.2. The Balaban J connectivity index is 1.98. The Hall–Kier alpha value is -4.25. The van der Waals surface area contributed by atoms with E-state index >= 15 is 0 Å². The number of ether oxygens (including phenoxy) is 1. The lowest BCUT2D eigenvalue weighted by molar-refractivity contribution is -0.159. The van der Waals surface area contributed by atoms with Crippen molar-refractivity contribution in [2.75, 3.05) is 13.1 Å². The molecule has 0 radical (unpaired) electrons. The van der Waals surface area contributed by atoms with Crippen LogP contribution in [0.3, 0.4) is 0 Å². The molecule has 0 aliphatic rings. The number of Topliss-reactive ketones (excluding diaryl/α,β-unsaturated/α-hetero) is 1. The fourth-order valence-corrected chi connectivity index (χ4v) is 3.28. The molecular formula is C25H28N2O9. The lowest BCUT2D eigenvalue weighted by Gasteiger charge is -2.19. The summed E-state index contributed by atoms with van der Waals surface area (Å²) in [6.45, 7) is 0.395. The van der Waals surface area contributed by atoms with E-state index in [0.717, 1.165) is 12.0 Å². The number of hydrogen-bond acceptors (Lipinski definition) is 7. The molecular weight excluding hydrogens is 472 g/mol. The first kappa shape index (κ1) is 28.0. The topological polar surface area (TPSA) is 179 Å². The van der Waals surface area contributed by atoms with Crippen molar-refractivity contribution in [1.82, 2.24) is 10.6 Å². The van der Waals surface area contributed by atoms with Gasteiger partial charge in [-0.1, -0.05) is 42.5 Å². The van der Waals surface area contributed by atoms with E-state index in [4.69, 9.17) is 20.1 Å². The molecule has 0 bridgehead atoms. The second-order valence-electron chi connectivity index (χ2n) is 7.89. The van der Waals surface area contributed by atoms with Gasteiger partial charge in [-0.2, -0.15) is 0 Å². The Bertz CT molecular complexity index is 1040. The van der Waals surface area contributed by atoms with Gasteiger partial charge in [-0.25, -0.2) is 14.4 Å². The van der Waals surface area contributed by atoms with Crippen molar-refractivity contribution in [3.05, 3.63) is 65.7 Å². The van der Waals surface area contributed by atoms with E-state index in [1.807, 2.05) is 30.3 Å². The predicted molar refractivity (Wildman–Crippen MR) is 127 cm³/mol. The quantitative estimate of drug-likeness (QED) is 0.126. The minimum atomic E-state index is -2.06. The lowest BCUT2D eigenvalue weighted by Crippen LogP contribution is -2.46. The molecule has 36 heavy (non-hydrogen) atoms. The van der Waals surface area contributed by atoms with Gasteiger partial charge < -0.3 is 30.7 Å². The van der Waals surface area contributed by atoms with Crippen molar-refractivity contribution in [1.29, 1.82) is 0 Å². The van der Waals surface area contributed by atoms with Gasteiger partial charge >= 0.3 is 17.9 Å². The van der Waals surface area contributed by atoms with Crippen molar-refractivity contribution in [3.8, 4) is 5.75 Å². The molecule has 1 atom stereocenters. The highest BCUT2D eigenvalue weighted by molar-refractivity contribution is 6.32. The number of aryl methyl sites for hydroxylation is 1. The van der Waals surface area contributed by atoms with Crippen LogP contribution in [0.15, 0.2) is 54.6 Å². The average molecular weight is 501 g/mol. The SMILES string of the molecule is O=C(O)C(=O)CCNC(Cc1ccc(OC(C(=O)O)C(=O)O)cc1)C(=O)NCCCc1ccccc1. The lowest BCUT2D eigenvalue weighted by atomic mass is 10.0. The summed E-state index contributed by atoms with van der Waals surface area (Å²) in [4.78, 5) is 56.9. The Kier molecular flexibility index (Phi) is 11.1. The van der Waals surface area contributed by atoms with Gasteiger partial charge in [0.1, 0.15) is 5.75 Å². The average Bonchev–Trinajstić information content (AvgIpc) is 2.85. The maximum Gasteiger partial charge on any atom is 0.372 e. The molecule has 2 rings (SSSR count). The van der Waals surface area contributed by atoms with Crippen LogP contribution in [-0.4, -0.2) is 70.2 Å². The van der Waals surface area contributed by atoms with Gasteiger partial charge in [-0.15, -0.1) is 0 Å². The number of nitrogens with one attached hydrogen (secondary N) is 2. The molecule has 1 amide bonds. The van der Waals surface area contributed by atoms with Gasteiger partial charge in [-0.3, -0.25) is 9.59 Å². The van der Waals surface area contributed by atoms with Crippen molar-refractivity contribution >= 4 is 29.6 Å². The molecule has 0 fully saturated rings. The van der Waals surface area contributed by atoms with Crippen LogP contribution in [0.1, 0.15) is 24.0 Å². The largest absolute Gasteiger partial charge is 0.478 e. The number of benzene rings is 2. The highest BCUT2D eigenvalue weighted by atomic mass is 16.5. The normalized spacial score (nSPS) is 11.5. The highest BCUT2D eigenvalue weighted by Gasteiger charge is 2.28. The first-order valence-electron chi connectivity index (χ1n) is 11.2. The van der Waals surface area contributed by atoms with Gasteiger partial charge in [0.15, 0.2) is 0 Å². The number of carboxylic acid groups (broad SMARTS) is 3. The number of carboxylic acids is 3. The molecule has 0 spiro atoms. The number of amides is 1. The zero-order valence-electron chi connectivity index (χ0n) is 19.4. The monoisotopic (exact) mass is 500 g/mol. The minimum Gasteiger partial charge on any atom is -0.478 e. The van der Waals surface area contributed by atoms with Crippen LogP contribution in [0.2, 0.25) is 0 Å². The molecule has 1 unspecified atom stereocenters. The zero-order chi connectivity index (χ0) is 26.5. The molecule has 11 heteroatoms. The van der Waals surface area contributed by atoms with E-state index in [1.165, 1.54) is 12.1 Å². The fraction of sp³-hybridized carbons (Fsp3) is 0.320. The maximum atomic E-state index is 12.8. The summed E-state index contributed by atoms with van der Waals surface area (Å²) < 4.78 is 4.97. The summed E-state index contributed by atoms with van der Waals surface area (Å²) in [5.41, 5.74) is 1.79. The molecule has 11 nitrogen and oxygen atoms in total. The molecule has 0 saturated carbocycles. The number of hydrogen-bond donors (Lipinski definition) is 5. The van der Waals surface area contributed by atoms with Gasteiger partial charge in [-0.05, 0) is 42.5 Å². The Morgan fingerprint density at radius 1 is 0.806 bits per heavy atom. The van der Waals surface area contributed by atoms with Gasteiger partial charge in [0.05, 0.1) is 6.04 Å². The molecule has 0 aromatic heterocycles. The number of carbonyl (C=O) groups excluding carboxylic acids is 2. The van der Waals surface area contributed by atoms with Crippen LogP contribution >= 0.6 is 0 Å². The van der Waals surface area contributed by atoms with Crippen LogP contribution in [-0.2, 0) is 36.8 Å². The molecule has 0 aliphatic carbocycles. The zero-order valence-corrected chi connectivity index (χ0v) is 19.4. The third-order valence-electron chi connectivity index (χ3n) is 5.15. The first-order chi connectivity index (χ1) is 17.2. The summed E-state index contributed by atoms with van der Waals surface area (Å²) in [6.07, 6.45) is -0.681. The van der Waals surface area contributed by atoms with Crippen LogP contribution in [0.25, 0.3) is 0 Å². The molecule has 5 N–H and O–H groups in total. The van der Waals surface area contributed by atoms with E-state index in [9.17, 15) is 24.0 Å². The van der Waals surface area contributed by atoms with Gasteiger partial charge in [0.2, 0.25) is 11.7 Å². The predicted octanol–water partition coefficient (Wildman–Crippen LogP) is 0.897. The van der Waals surface area contributed by atoms with Crippen LogP contribution < -0.4 is 15.4 Å². The fourth-order valence-electron chi connectivity index (χ4n) is 3.28. The number of aliphatic carboxylic acids is 3. The smallest absolute Gasteiger partial charge is 0.372 e. The number of rotatable bonds is 16. The Morgan fingerprint density at radius 2 is 1.44 bits per heavy atom. The summed E-state index contributed by atoms with van der Waals surface area (Å²) >= 11 is 0. The van der Waals surface area contributed by atoms with Crippen molar-refractivity contribution in [3.63, 3.8) is 0 Å². The van der Waals surface area contributed by atoms with E-state index in [-0.39, 0.29) is 31.0 Å². The molecule has 2 aromatic carbocycles. The molecule has 0 aliphatic heterocycles. The third-order valence-corrected chi connectivity index (χ3v) is 5.15. The summed E-state index contributed by atoms with van der Waals surface area (Å²) in [7, 11) is 0. The van der Waals surface area contributed by atoms with Crippen LogP contribution in [0.4, 0.5) is 0 Å². The molecule has 2 aromatic rings. The third kappa shape index (κ3) is 9.55. The number of ketones is 1. The first-order valence-corrected chi connectivity index (χ1v) is 11.2. The second-order valence-corrected chi connectivity index (χ2v) is 7.89. The molecule has 192 valence electrons. The minimum absolute atomic E-state index is 0.0205. The molecule has 0 saturated heterocycles. The Morgan fingerprint density at radius 3 is 2.03 bits per heavy atom. The van der Waals surface area contributed by atoms with E-state index in [1.54, 1.807) is 12.1 Å². The van der Waals surface area contributed by atoms with Gasteiger partial charge in [0.25, 0.3) is 6.10 Å². The van der Waals surface area contributed by atoms with Crippen molar-refractivity contribution in [2.45, 2.75) is 37.8 Å². The van der Waals surface area contributed by atoms with E-state index < -0.39 is 35.8 Å². The standard InChI is InChI=1S/C25H28N2O9/c28-20(23(30)31)12-14-26-19(22(29)27-13-4-7-16-5-2-1-3-6-16)15-17-8-10-18(11-9-17)36-21(24(32)33)25(34)35/h1-3,5-6,8-11,19,21,26H,4,7,12-15H2,(H,27,29)(H,30,31)(H,32,33)(H,34,35). The van der Waals surface area contributed by atoms with E-state index in [2.05, 4.69) is 10.6 Å². The number of carbonyl (C=O) groups is 5. The van der Waals surface area contributed by atoms with Crippen LogP contribution in [0, 0.1) is 0 Å². The summed E-state index contributed by atoms with van der Waals surface area (Å²) in [5.74, 6) is -6.11. The summed E-state index contributed by atoms with van der Waals surface area (Å²) in [6, 6.07) is 14.9.